The van der Waals surface area contributed by atoms with Gasteiger partial charge in [0, 0.05) is 0 Å². The molecule has 0 radical (unpaired) electrons. The Balaban J connectivity index is 2.63. The Kier molecular flexibility index (Phi) is 6.66. The van der Waals surface area contributed by atoms with E-state index in [1.165, 1.54) is 12.8 Å². The fraction of sp³-hybridized carbons (Fsp3) is 0.636. The van der Waals surface area contributed by atoms with Gasteiger partial charge >= 0.3 is 182 Å². The van der Waals surface area contributed by atoms with E-state index in [9.17, 15) is 0 Å². The molecule has 2 aliphatic rings. The van der Waals surface area contributed by atoms with Crippen molar-refractivity contribution in [3.8, 4) is 0 Å². The van der Waals surface area contributed by atoms with E-state index in [0.29, 0.717) is 0 Å². The van der Waals surface area contributed by atoms with E-state index in [4.69, 9.17) is 0 Å². The van der Waals surface area contributed by atoms with E-state index in [1.807, 2.05) is 29.4 Å². The first-order valence-electron chi connectivity index (χ1n) is 10.5. The summed E-state index contributed by atoms with van der Waals surface area (Å²) >= 11 is 0.145. The van der Waals surface area contributed by atoms with Crippen LogP contribution in [0.4, 0.5) is 0 Å². The van der Waals surface area contributed by atoms with Crippen molar-refractivity contribution in [3.05, 3.63) is 41.5 Å². The maximum atomic E-state index is 2.66. The van der Waals surface area contributed by atoms with Crippen LogP contribution < -0.4 is 0 Å². The molecule has 0 aromatic heterocycles. The second-order valence-corrected chi connectivity index (χ2v) is 34.4. The molecule has 0 bridgehead atoms. The molecule has 5 heteroatoms. The molecule has 0 aromatic rings. The Morgan fingerprint density at radius 2 is 0.815 bits per heavy atom. The van der Waals surface area contributed by atoms with Crippen molar-refractivity contribution in [3.63, 3.8) is 0 Å². The monoisotopic (exact) mass is 469 g/mol. The van der Waals surface area contributed by atoms with Gasteiger partial charge in [-0.15, -0.1) is 0 Å². The molecule has 0 amide bonds. The Labute approximate surface area is 180 Å². The van der Waals surface area contributed by atoms with E-state index in [1.54, 1.807) is 0 Å². The zero-order valence-electron chi connectivity index (χ0n) is 20.0. The van der Waals surface area contributed by atoms with Gasteiger partial charge in [-0.05, 0) is 0 Å². The third kappa shape index (κ3) is 5.32. The van der Waals surface area contributed by atoms with Gasteiger partial charge in [0.15, 0.2) is 0 Å². The molecular formula is C22H42Si4V. The molecule has 0 saturated heterocycles. The van der Waals surface area contributed by atoms with E-state index < -0.39 is 32.3 Å². The van der Waals surface area contributed by atoms with Gasteiger partial charge < -0.3 is 0 Å². The van der Waals surface area contributed by atoms with E-state index in [-0.39, 0.29) is 16.3 Å². The fourth-order valence-electron chi connectivity index (χ4n) is 4.13. The van der Waals surface area contributed by atoms with Crippen LogP contribution in [0.15, 0.2) is 41.5 Å². The van der Waals surface area contributed by atoms with Gasteiger partial charge in [0.1, 0.15) is 0 Å². The molecular weight excluding hydrogens is 428 g/mol. The molecule has 27 heavy (non-hydrogen) atoms. The fourth-order valence-corrected chi connectivity index (χ4v) is 19.6. The predicted molar refractivity (Wildman–Crippen MR) is 133 cm³/mol. The summed E-state index contributed by atoms with van der Waals surface area (Å²) in [7, 11) is -5.10. The number of hydrogen-bond donors (Lipinski definition) is 0. The standard InChI is InChI=1S/2C11H21Si2.V/c2*1-12(2,3)10-7-8-11(9-10)13(4,5)6;/h2*7H,8H2,1-6H3;. The first kappa shape index (κ1) is 23.7. The van der Waals surface area contributed by atoms with Gasteiger partial charge in [-0.3, -0.25) is 0 Å². The SMILES string of the molecule is C[Si](C)(C)C1=CCC([Si](C)(C)C)=[C]1[V][C]1=C([Si](C)(C)C)CC=C1[Si](C)(C)C. The summed E-state index contributed by atoms with van der Waals surface area (Å²) in [5, 5.41) is 7.43. The van der Waals surface area contributed by atoms with Crippen LogP contribution in [-0.2, 0) is 16.3 Å². The van der Waals surface area contributed by atoms with Gasteiger partial charge in [-0.2, -0.15) is 0 Å². The van der Waals surface area contributed by atoms with Crippen molar-refractivity contribution in [2.24, 2.45) is 0 Å². The molecule has 2 aliphatic carbocycles. The Morgan fingerprint density at radius 3 is 1.04 bits per heavy atom. The average molecular weight is 470 g/mol. The molecule has 2 rings (SSSR count). The van der Waals surface area contributed by atoms with Crippen LogP contribution in [0, 0.1) is 0 Å². The second kappa shape index (κ2) is 7.59. The van der Waals surface area contributed by atoms with Gasteiger partial charge in [-0.1, -0.05) is 0 Å². The van der Waals surface area contributed by atoms with Crippen LogP contribution in [-0.4, -0.2) is 32.3 Å². The minimum atomic E-state index is -1.29. The van der Waals surface area contributed by atoms with Crippen molar-refractivity contribution >= 4 is 32.3 Å². The van der Waals surface area contributed by atoms with Gasteiger partial charge in [0.25, 0.3) is 0 Å². The van der Waals surface area contributed by atoms with Gasteiger partial charge in [0.05, 0.1) is 0 Å². The van der Waals surface area contributed by atoms with E-state index in [2.05, 4.69) is 90.7 Å². The summed E-state index contributed by atoms with van der Waals surface area (Å²) in [6.45, 7) is 30.8. The molecule has 0 aliphatic heterocycles. The molecule has 0 N–H and O–H groups in total. The minimum absolute atomic E-state index is 0.145. The Hall–Kier alpha value is 0.412. The van der Waals surface area contributed by atoms with E-state index in [0.717, 1.165) is 0 Å². The quantitative estimate of drug-likeness (QED) is 0.349. The summed E-state index contributed by atoms with van der Waals surface area (Å²) in [6, 6.07) is 0. The summed E-state index contributed by atoms with van der Waals surface area (Å²) in [6.07, 6.45) is 7.85. The summed E-state index contributed by atoms with van der Waals surface area (Å²) in [5.41, 5.74) is 0. The molecule has 0 heterocycles. The van der Waals surface area contributed by atoms with Crippen LogP contribution in [0.25, 0.3) is 0 Å². The molecule has 0 nitrogen and oxygen atoms in total. The number of allylic oxidation sites excluding steroid dienone is 8. The molecule has 0 atom stereocenters. The topological polar surface area (TPSA) is 0 Å². The van der Waals surface area contributed by atoms with Crippen LogP contribution in [0.2, 0.25) is 78.6 Å². The Bertz CT molecular complexity index is 675. The first-order valence-corrected chi connectivity index (χ1v) is 25.9. The zero-order valence-corrected chi connectivity index (χ0v) is 25.4. The first-order chi connectivity index (χ1) is 11.9. The van der Waals surface area contributed by atoms with Crippen molar-refractivity contribution in [1.82, 2.24) is 0 Å². The Morgan fingerprint density at radius 1 is 0.519 bits per heavy atom. The van der Waals surface area contributed by atoms with Gasteiger partial charge in [0.2, 0.25) is 0 Å². The molecule has 151 valence electrons. The molecule has 0 saturated carbocycles. The van der Waals surface area contributed by atoms with Crippen LogP contribution in [0.5, 0.6) is 0 Å². The molecule has 0 spiro atoms. The van der Waals surface area contributed by atoms with Crippen molar-refractivity contribution in [2.45, 2.75) is 91.4 Å². The number of rotatable bonds is 6. The van der Waals surface area contributed by atoms with Crippen LogP contribution in [0.3, 0.4) is 0 Å². The van der Waals surface area contributed by atoms with Crippen molar-refractivity contribution in [1.29, 1.82) is 0 Å². The van der Waals surface area contributed by atoms with E-state index >= 15 is 0 Å². The van der Waals surface area contributed by atoms with Gasteiger partial charge in [-0.25, -0.2) is 0 Å². The van der Waals surface area contributed by atoms with Crippen molar-refractivity contribution in [2.75, 3.05) is 0 Å². The van der Waals surface area contributed by atoms with Crippen molar-refractivity contribution < 1.29 is 16.3 Å². The van der Waals surface area contributed by atoms with Crippen LogP contribution in [0.1, 0.15) is 12.8 Å². The average Bonchev–Trinajstić information content (AvgIpc) is 2.99. The predicted octanol–water partition coefficient (Wildman–Crippen LogP) is 7.75. The third-order valence-electron chi connectivity index (χ3n) is 5.75. The molecule has 0 fully saturated rings. The molecule has 0 aromatic carbocycles. The zero-order chi connectivity index (χ0) is 21.0. The second-order valence-electron chi connectivity index (χ2n) is 12.4. The summed E-state index contributed by atoms with van der Waals surface area (Å²) in [4.78, 5) is 0. The summed E-state index contributed by atoms with van der Waals surface area (Å²) < 4.78 is 3.78. The molecule has 0 unspecified atom stereocenters. The third-order valence-corrected chi connectivity index (χ3v) is 18.1. The van der Waals surface area contributed by atoms with Crippen LogP contribution >= 0.6 is 0 Å². The maximum absolute atomic E-state index is 2.66. The normalized spacial score (nSPS) is 19.7. The summed E-state index contributed by atoms with van der Waals surface area (Å²) in [5.74, 6) is 0. The number of hydrogen-bond acceptors (Lipinski definition) is 0.